The highest BCUT2D eigenvalue weighted by atomic mass is 32.2. The van der Waals surface area contributed by atoms with Crippen LogP contribution in [0.25, 0.3) is 22.2 Å². The highest BCUT2D eigenvalue weighted by molar-refractivity contribution is 7.89. The van der Waals surface area contributed by atoms with Crippen molar-refractivity contribution in [3.8, 4) is 22.8 Å². The van der Waals surface area contributed by atoms with Gasteiger partial charge in [-0.15, -0.1) is 0 Å². The summed E-state index contributed by atoms with van der Waals surface area (Å²) in [4.78, 5) is 62.2. The molecule has 1 saturated heterocycles. The third-order valence-electron chi connectivity index (χ3n) is 12.2. The van der Waals surface area contributed by atoms with E-state index in [1.54, 1.807) is 37.4 Å². The molecule has 4 amide bonds. The minimum absolute atomic E-state index is 0.000648. The van der Waals surface area contributed by atoms with E-state index in [4.69, 9.17) is 14.5 Å². The Kier molecular flexibility index (Phi) is 14.2. The predicted molar refractivity (Wildman–Crippen MR) is 242 cm³/mol. The van der Waals surface area contributed by atoms with Crippen LogP contribution >= 0.6 is 0 Å². The van der Waals surface area contributed by atoms with Crippen LogP contribution in [0.4, 0.5) is 4.79 Å². The highest BCUT2D eigenvalue weighted by Crippen LogP contribution is 2.36. The van der Waals surface area contributed by atoms with Crippen molar-refractivity contribution >= 4 is 44.7 Å². The number of nitrogens with zero attached hydrogens (tertiary/aromatic N) is 3. The van der Waals surface area contributed by atoms with Crippen LogP contribution in [0.3, 0.4) is 0 Å². The van der Waals surface area contributed by atoms with E-state index in [0.717, 1.165) is 24.8 Å². The second-order valence-electron chi connectivity index (χ2n) is 17.8. The van der Waals surface area contributed by atoms with Gasteiger partial charge in [-0.3, -0.25) is 9.59 Å². The average Bonchev–Trinajstić information content (AvgIpc) is 3.80. The number of carboxylic acid groups (broad SMARTS) is 1. The molecule has 0 bridgehead atoms. The number of aliphatic carboxylic acids is 1. The molecule has 3 aliphatic rings. The molecule has 5 atom stereocenters. The van der Waals surface area contributed by atoms with E-state index >= 15 is 0 Å². The summed E-state index contributed by atoms with van der Waals surface area (Å²) in [6, 6.07) is 19.0. The van der Waals surface area contributed by atoms with E-state index < -0.39 is 69.5 Å². The smallest absolute Gasteiger partial charge is 0.326 e. The molecule has 1 fully saturated rings. The maximum Gasteiger partial charge on any atom is 0.326 e. The van der Waals surface area contributed by atoms with Gasteiger partial charge in [0.05, 0.1) is 29.8 Å². The van der Waals surface area contributed by atoms with Crippen LogP contribution in [0.5, 0.6) is 11.5 Å². The number of allylic oxidation sites excluding steroid dienone is 2. The topological polar surface area (TPSA) is 197 Å². The zero-order valence-electron chi connectivity index (χ0n) is 36.8. The lowest BCUT2D eigenvalue weighted by atomic mass is 9.86. The molecule has 0 saturated carbocycles. The van der Waals surface area contributed by atoms with Gasteiger partial charge in [-0.1, -0.05) is 94.3 Å². The molecule has 16 heteroatoms. The number of benzene rings is 3. The third-order valence-corrected chi connectivity index (χ3v) is 14.1. The molecule has 0 unspecified atom stereocenters. The fourth-order valence-electron chi connectivity index (χ4n) is 8.54. The Morgan fingerprint density at radius 2 is 1.70 bits per heavy atom. The molecule has 340 valence electrons. The maximum absolute atomic E-state index is 14.9. The molecular weight excluding hydrogens is 837 g/mol. The van der Waals surface area contributed by atoms with Crippen molar-refractivity contribution < 1.29 is 42.2 Å². The Morgan fingerprint density at radius 1 is 0.953 bits per heavy atom. The van der Waals surface area contributed by atoms with E-state index in [0.29, 0.717) is 46.5 Å². The number of ether oxygens (including phenoxy) is 2. The normalized spacial score (nSPS) is 23.0. The van der Waals surface area contributed by atoms with E-state index in [-0.39, 0.29) is 43.8 Å². The first kappa shape index (κ1) is 46.0. The molecule has 64 heavy (non-hydrogen) atoms. The number of rotatable bonds is 9. The monoisotopic (exact) mass is 894 g/mol. The Hall–Kier alpha value is -6.00. The summed E-state index contributed by atoms with van der Waals surface area (Å²) >= 11 is 0. The van der Waals surface area contributed by atoms with Crippen LogP contribution in [-0.4, -0.2) is 102 Å². The molecule has 0 aliphatic carbocycles. The lowest BCUT2D eigenvalue weighted by Gasteiger charge is -2.35. The summed E-state index contributed by atoms with van der Waals surface area (Å²) in [6.07, 6.45) is 7.05. The van der Waals surface area contributed by atoms with Crippen LogP contribution in [0.15, 0.2) is 95.9 Å². The number of amides is 4. The van der Waals surface area contributed by atoms with Gasteiger partial charge in [-0.25, -0.2) is 23.0 Å². The van der Waals surface area contributed by atoms with Crippen molar-refractivity contribution in [1.82, 2.24) is 30.1 Å². The standard InChI is InChI=1S/C48H58N6O9S/c1-48(2,3)43(30-53-28-32-19-15-16-22-42(32)64(53,60)61)52-47(59)51-36-20-13-8-6-5-7-9-14-21-37(46(57)58)50-44(55)40-26-34(29-54(40)45(36)56)63-41-27-38(31-17-11-10-12-18-31)49-39-25-33(62-4)23-24-35(39)41/h7,9-12,15-19,22-25,27,34,36-37,40,43H,5-6,8,13-14,20-21,26,28-30H2,1-4H3,(H,50,55)(H,57,58)(H2,51,52,59)/b9-7-/t34-,36+,37+,40+,43-/m1/s1. The highest BCUT2D eigenvalue weighted by Gasteiger charge is 2.45. The number of aromatic nitrogens is 1. The molecular formula is C48H58N6O9S. The molecule has 15 nitrogen and oxygen atoms in total. The second-order valence-corrected chi connectivity index (χ2v) is 19.7. The molecule has 3 aliphatic heterocycles. The number of urea groups is 1. The molecule has 0 radical (unpaired) electrons. The van der Waals surface area contributed by atoms with Gasteiger partial charge in [0.15, 0.2) is 0 Å². The lowest BCUT2D eigenvalue weighted by Crippen LogP contribution is -2.59. The molecule has 1 aromatic heterocycles. The minimum atomic E-state index is -3.79. The van der Waals surface area contributed by atoms with E-state index in [1.807, 2.05) is 81.5 Å². The minimum Gasteiger partial charge on any atom is -0.497 e. The molecule has 0 spiro atoms. The Morgan fingerprint density at radius 3 is 2.44 bits per heavy atom. The van der Waals surface area contributed by atoms with Crippen LogP contribution in [0, 0.1) is 5.41 Å². The van der Waals surface area contributed by atoms with Gasteiger partial charge >= 0.3 is 12.0 Å². The van der Waals surface area contributed by atoms with E-state index in [1.165, 1.54) is 9.21 Å². The summed E-state index contributed by atoms with van der Waals surface area (Å²) in [5, 5.41) is 19.4. The summed E-state index contributed by atoms with van der Waals surface area (Å²) in [7, 11) is -2.22. The van der Waals surface area contributed by atoms with Gasteiger partial charge in [-0.05, 0) is 61.3 Å². The summed E-state index contributed by atoms with van der Waals surface area (Å²) in [5.74, 6) is -1.26. The lowest BCUT2D eigenvalue weighted by molar-refractivity contribution is -0.144. The van der Waals surface area contributed by atoms with Gasteiger partial charge in [0.1, 0.15) is 35.7 Å². The Bertz CT molecular complexity index is 2490. The zero-order chi connectivity index (χ0) is 45.6. The fourth-order valence-corrected chi connectivity index (χ4v) is 10.2. The Labute approximate surface area is 374 Å². The number of carbonyl (C=O) groups excluding carboxylic acids is 3. The van der Waals surface area contributed by atoms with E-state index in [2.05, 4.69) is 16.0 Å². The number of pyridine rings is 1. The number of hydrogen-bond acceptors (Lipinski definition) is 9. The summed E-state index contributed by atoms with van der Waals surface area (Å²) < 4.78 is 40.6. The number of nitrogens with one attached hydrogen (secondary N) is 3. The van der Waals surface area contributed by atoms with Gasteiger partial charge in [0.25, 0.3) is 0 Å². The van der Waals surface area contributed by atoms with Crippen molar-refractivity contribution in [2.45, 2.75) is 114 Å². The van der Waals surface area contributed by atoms with E-state index in [9.17, 15) is 32.7 Å². The largest absolute Gasteiger partial charge is 0.497 e. The maximum atomic E-state index is 14.9. The van der Waals surface area contributed by atoms with Crippen LogP contribution in [-0.2, 0) is 31.0 Å². The quantitative estimate of drug-likeness (QED) is 0.136. The summed E-state index contributed by atoms with van der Waals surface area (Å²) in [5.41, 5.74) is 2.20. The fraction of sp³-hybridized carbons (Fsp3) is 0.438. The molecule has 4 N–H and O–H groups in total. The number of sulfonamides is 1. The van der Waals surface area contributed by atoms with Crippen molar-refractivity contribution in [2.24, 2.45) is 5.41 Å². The van der Waals surface area contributed by atoms with Crippen molar-refractivity contribution in [3.63, 3.8) is 0 Å². The van der Waals surface area contributed by atoms with Crippen LogP contribution in [0.2, 0.25) is 0 Å². The van der Waals surface area contributed by atoms with Crippen LogP contribution in [0.1, 0.15) is 77.7 Å². The number of methoxy groups -OCH3 is 1. The summed E-state index contributed by atoms with van der Waals surface area (Å²) in [6.45, 7) is 5.86. The molecule has 7 rings (SSSR count). The first-order chi connectivity index (χ1) is 30.6. The average molecular weight is 895 g/mol. The third kappa shape index (κ3) is 10.7. The van der Waals surface area contributed by atoms with Crippen LogP contribution < -0.4 is 25.4 Å². The Balaban J connectivity index is 1.17. The first-order valence-corrected chi connectivity index (χ1v) is 23.4. The van der Waals surface area contributed by atoms with Crippen molar-refractivity contribution in [2.75, 3.05) is 20.2 Å². The first-order valence-electron chi connectivity index (χ1n) is 22.0. The SMILES string of the molecule is COc1ccc2c(O[C@@H]3C[C@H]4C(=O)N[C@H](C(=O)O)CC/C=C\CCCCC[C@H](NC(=O)N[C@H](CN5Cc6ccccc6S5(=O)=O)C(C)(C)C)C(=O)N4C3)cc(-c3ccccc3)nc2c1. The van der Waals surface area contributed by atoms with Crippen molar-refractivity contribution in [1.29, 1.82) is 0 Å². The second kappa shape index (κ2) is 19.8. The predicted octanol–water partition coefficient (Wildman–Crippen LogP) is 6.42. The number of hydrogen-bond donors (Lipinski definition) is 4. The number of carbonyl (C=O) groups is 4. The molecule has 3 aromatic carbocycles. The van der Waals surface area contributed by atoms with Gasteiger partial charge in [0.2, 0.25) is 21.8 Å². The van der Waals surface area contributed by atoms with Gasteiger partial charge < -0.3 is 35.4 Å². The van der Waals surface area contributed by atoms with Gasteiger partial charge in [-0.2, -0.15) is 4.31 Å². The number of carboxylic acids is 1. The van der Waals surface area contributed by atoms with Gasteiger partial charge in [0, 0.05) is 48.6 Å². The zero-order valence-corrected chi connectivity index (χ0v) is 37.6. The van der Waals surface area contributed by atoms with Crippen molar-refractivity contribution in [3.05, 3.63) is 96.6 Å². The molecule has 4 heterocycles. The number of fused-ring (bicyclic) bond motifs is 3. The molecule has 4 aromatic rings.